The van der Waals surface area contributed by atoms with Gasteiger partial charge in [0, 0.05) is 29.6 Å². The van der Waals surface area contributed by atoms with E-state index in [4.69, 9.17) is 9.73 Å². The van der Waals surface area contributed by atoms with E-state index in [9.17, 15) is 0 Å². The number of H-pyrrole nitrogens is 2. The van der Waals surface area contributed by atoms with Crippen molar-refractivity contribution in [1.82, 2.24) is 9.97 Å². The topological polar surface area (TPSA) is 53.2 Å². The second kappa shape index (κ2) is 7.26. The van der Waals surface area contributed by atoms with Crippen molar-refractivity contribution in [3.05, 3.63) is 64.6 Å². The van der Waals surface area contributed by atoms with E-state index in [0.717, 1.165) is 35.9 Å². The molecule has 5 rings (SSSR count). The molecule has 2 aromatic heterocycles. The van der Waals surface area contributed by atoms with E-state index in [1.165, 1.54) is 61.9 Å². The van der Waals surface area contributed by atoms with Gasteiger partial charge in [-0.25, -0.2) is 4.99 Å². The molecule has 0 fully saturated rings. The molecule has 4 heterocycles. The number of aromatic amines is 2. The molecule has 0 radical (unpaired) electrons. The zero-order chi connectivity index (χ0) is 18.1. The van der Waals surface area contributed by atoms with Gasteiger partial charge in [0.2, 0.25) is 0 Å². The Morgan fingerprint density at radius 2 is 1.93 bits per heavy atom. The summed E-state index contributed by atoms with van der Waals surface area (Å²) in [6.45, 7) is 0.737. The van der Waals surface area contributed by atoms with Crippen LogP contribution in [-0.4, -0.2) is 22.3 Å². The largest absolute Gasteiger partial charge is 0.491 e. The summed E-state index contributed by atoms with van der Waals surface area (Å²) in [6, 6.07) is 6.44. The van der Waals surface area contributed by atoms with Gasteiger partial charge in [-0.15, -0.1) is 0 Å². The third-order valence-electron chi connectivity index (χ3n) is 5.98. The molecule has 2 aliphatic heterocycles. The van der Waals surface area contributed by atoms with Gasteiger partial charge in [0.25, 0.3) is 0 Å². The zero-order valence-electron chi connectivity index (χ0n) is 15.8. The van der Waals surface area contributed by atoms with Crippen LogP contribution in [0.2, 0.25) is 0 Å². The van der Waals surface area contributed by atoms with E-state index in [-0.39, 0.29) is 0 Å². The van der Waals surface area contributed by atoms with Crippen LogP contribution in [-0.2, 0) is 11.2 Å². The van der Waals surface area contributed by atoms with Crippen molar-refractivity contribution in [2.75, 3.05) is 6.61 Å². The maximum Gasteiger partial charge on any atom is 0.147 e. The van der Waals surface area contributed by atoms with E-state index in [1.807, 2.05) is 12.3 Å². The average Bonchev–Trinajstić information content (AvgIpc) is 3.38. The third-order valence-corrected chi connectivity index (χ3v) is 5.98. The van der Waals surface area contributed by atoms with Crippen LogP contribution in [0.5, 0.6) is 0 Å². The molecule has 1 aliphatic carbocycles. The van der Waals surface area contributed by atoms with E-state index >= 15 is 0 Å². The van der Waals surface area contributed by atoms with Crippen molar-refractivity contribution in [1.29, 1.82) is 0 Å². The Hall–Kier alpha value is -2.49. The minimum Gasteiger partial charge on any atom is -0.491 e. The molecular weight excluding hydrogens is 334 g/mol. The number of ether oxygens (including phenoxy) is 1. The molecule has 2 bridgehead atoms. The predicted octanol–water partition coefficient (Wildman–Crippen LogP) is 5.47. The van der Waals surface area contributed by atoms with Crippen molar-refractivity contribution in [3.63, 3.8) is 0 Å². The Balaban J connectivity index is 1.52. The normalized spacial score (nSPS) is 24.7. The average molecular weight is 361 g/mol. The Bertz CT molecular complexity index is 898. The van der Waals surface area contributed by atoms with Gasteiger partial charge in [0.1, 0.15) is 11.5 Å². The first-order chi connectivity index (χ1) is 13.4. The predicted molar refractivity (Wildman–Crippen MR) is 109 cm³/mol. The number of aliphatic imine (C=N–C) groups is 1. The van der Waals surface area contributed by atoms with Crippen LogP contribution in [0.15, 0.2) is 46.9 Å². The summed E-state index contributed by atoms with van der Waals surface area (Å²) >= 11 is 0. The lowest BCUT2D eigenvalue weighted by atomic mass is 9.91. The molecule has 4 nitrogen and oxygen atoms in total. The minimum atomic E-state index is 0.456. The summed E-state index contributed by atoms with van der Waals surface area (Å²) in [5.74, 6) is 1.35. The van der Waals surface area contributed by atoms with E-state index in [0.29, 0.717) is 5.92 Å². The lowest BCUT2D eigenvalue weighted by molar-refractivity contribution is 0.194. The zero-order valence-corrected chi connectivity index (χ0v) is 15.8. The Morgan fingerprint density at radius 3 is 2.81 bits per heavy atom. The molecule has 27 heavy (non-hydrogen) atoms. The number of aryl methyl sites for hydroxylation is 1. The van der Waals surface area contributed by atoms with Gasteiger partial charge in [-0.05, 0) is 49.1 Å². The number of hydrogen-bond acceptors (Lipinski definition) is 2. The Morgan fingerprint density at radius 1 is 1.04 bits per heavy atom. The quantitative estimate of drug-likeness (QED) is 0.695. The lowest BCUT2D eigenvalue weighted by Crippen LogP contribution is -2.11. The van der Waals surface area contributed by atoms with Crippen LogP contribution in [0, 0.1) is 0 Å². The monoisotopic (exact) mass is 361 g/mol. The number of allylic oxidation sites excluding steroid dienone is 1. The fourth-order valence-electron chi connectivity index (χ4n) is 4.47. The summed E-state index contributed by atoms with van der Waals surface area (Å²) in [5.41, 5.74) is 6.92. The van der Waals surface area contributed by atoms with Crippen molar-refractivity contribution < 1.29 is 4.74 Å². The maximum absolute atomic E-state index is 6.27. The first-order valence-corrected chi connectivity index (χ1v) is 10.4. The van der Waals surface area contributed by atoms with Gasteiger partial charge >= 0.3 is 0 Å². The third kappa shape index (κ3) is 3.41. The van der Waals surface area contributed by atoms with Crippen LogP contribution in [0.1, 0.15) is 73.5 Å². The van der Waals surface area contributed by atoms with E-state index < -0.39 is 0 Å². The molecule has 140 valence electrons. The molecule has 2 aromatic rings. The van der Waals surface area contributed by atoms with Gasteiger partial charge in [-0.1, -0.05) is 32.1 Å². The highest BCUT2D eigenvalue weighted by molar-refractivity contribution is 6.11. The molecule has 0 saturated heterocycles. The molecule has 0 aromatic carbocycles. The van der Waals surface area contributed by atoms with Crippen molar-refractivity contribution >= 4 is 11.8 Å². The summed E-state index contributed by atoms with van der Waals surface area (Å²) in [6.07, 6.45) is 16.5. The Kier molecular flexibility index (Phi) is 4.48. The molecule has 0 saturated carbocycles. The number of hydrogen-bond donors (Lipinski definition) is 2. The summed E-state index contributed by atoms with van der Waals surface area (Å²) < 4.78 is 6.27. The number of aromatic nitrogens is 2. The molecule has 3 aliphatic rings. The van der Waals surface area contributed by atoms with Gasteiger partial charge in [-0.3, -0.25) is 0 Å². The second-order valence-corrected chi connectivity index (χ2v) is 7.95. The standard InChI is InChI=1S/C23H27N3O/c1-2-4-6-9-17-12-18-16(8-5-3-1)15-27-23-14-21(19-10-7-11-24-19)26-22(23)13-20(18)25-17/h7,10-14,16,24-25H,1-6,8-9,15H2/b22-13+. The molecule has 0 spiro atoms. The van der Waals surface area contributed by atoms with Crippen molar-refractivity contribution in [2.24, 2.45) is 4.99 Å². The number of rotatable bonds is 1. The molecule has 0 amide bonds. The highest BCUT2D eigenvalue weighted by atomic mass is 16.5. The second-order valence-electron chi connectivity index (χ2n) is 7.95. The van der Waals surface area contributed by atoms with Gasteiger partial charge in [-0.2, -0.15) is 0 Å². The number of nitrogens with one attached hydrogen (secondary N) is 2. The molecule has 1 unspecified atom stereocenters. The van der Waals surface area contributed by atoms with Gasteiger partial charge < -0.3 is 14.7 Å². The van der Waals surface area contributed by atoms with Gasteiger partial charge in [0.05, 0.1) is 18.0 Å². The fourth-order valence-corrected chi connectivity index (χ4v) is 4.47. The van der Waals surface area contributed by atoms with E-state index in [1.54, 1.807) is 0 Å². The molecular formula is C23H27N3O. The van der Waals surface area contributed by atoms with Crippen molar-refractivity contribution in [3.8, 4) is 0 Å². The molecule has 2 N–H and O–H groups in total. The van der Waals surface area contributed by atoms with Crippen LogP contribution in [0.3, 0.4) is 0 Å². The van der Waals surface area contributed by atoms with Crippen LogP contribution >= 0.6 is 0 Å². The highest BCUT2D eigenvalue weighted by Crippen LogP contribution is 2.35. The molecule has 1 atom stereocenters. The first-order valence-electron chi connectivity index (χ1n) is 10.4. The van der Waals surface area contributed by atoms with Crippen LogP contribution in [0.4, 0.5) is 0 Å². The summed E-state index contributed by atoms with van der Waals surface area (Å²) in [4.78, 5) is 11.8. The van der Waals surface area contributed by atoms with Crippen molar-refractivity contribution in [2.45, 2.75) is 57.3 Å². The summed E-state index contributed by atoms with van der Waals surface area (Å²) in [7, 11) is 0. The van der Waals surface area contributed by atoms with E-state index in [2.05, 4.69) is 34.3 Å². The summed E-state index contributed by atoms with van der Waals surface area (Å²) in [5, 5.41) is 0. The van der Waals surface area contributed by atoms with Gasteiger partial charge in [0.15, 0.2) is 0 Å². The molecule has 4 heteroatoms. The lowest BCUT2D eigenvalue weighted by Gasteiger charge is -2.21. The Labute approximate surface area is 160 Å². The number of nitrogens with zero attached hydrogens (tertiary/aromatic N) is 1. The SMILES string of the molecule is C1=C2OCC3CCCCCCCCc4cc3c([nH]4)/C=C\2N=C1c1ccc[nH]1. The highest BCUT2D eigenvalue weighted by Gasteiger charge is 2.26. The number of fused-ring (bicyclic) bond motifs is 2. The van der Waals surface area contributed by atoms with Crippen LogP contribution in [0.25, 0.3) is 6.08 Å². The first kappa shape index (κ1) is 16.7. The minimum absolute atomic E-state index is 0.456. The maximum atomic E-state index is 6.27. The van der Waals surface area contributed by atoms with Crippen LogP contribution < -0.4 is 0 Å². The smallest absolute Gasteiger partial charge is 0.147 e. The fraction of sp³-hybridized carbons (Fsp3) is 0.435.